The Kier molecular flexibility index (Phi) is 6.99. The summed E-state index contributed by atoms with van der Waals surface area (Å²) in [7, 11) is 0. The highest BCUT2D eigenvalue weighted by Gasteiger charge is 2.21. The number of carbonyl (C=O) groups excluding carboxylic acids is 1. The summed E-state index contributed by atoms with van der Waals surface area (Å²) in [5.74, 6) is 0.271. The molecule has 0 aliphatic heterocycles. The molecule has 0 aliphatic carbocycles. The van der Waals surface area contributed by atoms with Crippen LogP contribution in [0.5, 0.6) is 5.75 Å². The monoisotopic (exact) mass is 412 g/mol. The Morgan fingerprint density at radius 2 is 1.90 bits per heavy atom. The fraction of sp³-hybridized carbons (Fsp3) is 0.304. The Hall–Kier alpha value is -2.73. The van der Waals surface area contributed by atoms with E-state index in [0.717, 1.165) is 22.0 Å². The van der Waals surface area contributed by atoms with Crippen molar-refractivity contribution in [3.8, 4) is 5.75 Å². The molecule has 0 aliphatic rings. The van der Waals surface area contributed by atoms with E-state index in [1.165, 1.54) is 23.5 Å². The van der Waals surface area contributed by atoms with Crippen LogP contribution in [-0.4, -0.2) is 22.3 Å². The fourth-order valence-electron chi connectivity index (χ4n) is 3.01. The molecule has 152 valence electrons. The van der Waals surface area contributed by atoms with Crippen LogP contribution < -0.4 is 4.74 Å². The minimum atomic E-state index is -0.503. The third kappa shape index (κ3) is 5.64. The Bertz CT molecular complexity index is 971. The number of ether oxygens (including phenoxy) is 1. The lowest BCUT2D eigenvalue weighted by molar-refractivity contribution is 0.0716. The van der Waals surface area contributed by atoms with Crippen LogP contribution >= 0.6 is 11.3 Å². The molecule has 0 unspecified atom stereocenters. The van der Waals surface area contributed by atoms with Crippen LogP contribution in [0.1, 0.15) is 40.5 Å². The molecule has 0 fully saturated rings. The fourth-order valence-corrected chi connectivity index (χ4v) is 3.70. The number of para-hydroxylation sites is 1. The van der Waals surface area contributed by atoms with Gasteiger partial charge in [0, 0.05) is 11.9 Å². The van der Waals surface area contributed by atoms with Crippen LogP contribution in [0.3, 0.4) is 0 Å². The average molecular weight is 413 g/mol. The second-order valence-electron chi connectivity index (χ2n) is 7.35. The van der Waals surface area contributed by atoms with Crippen LogP contribution in [0.15, 0.2) is 53.9 Å². The summed E-state index contributed by atoms with van der Waals surface area (Å²) >= 11 is 1.50. The summed E-state index contributed by atoms with van der Waals surface area (Å²) < 4.78 is 20.0. The largest absolute Gasteiger partial charge is 0.486 e. The van der Waals surface area contributed by atoms with E-state index < -0.39 is 5.82 Å². The third-order valence-electron chi connectivity index (χ3n) is 4.37. The van der Waals surface area contributed by atoms with Crippen LogP contribution in [0.2, 0.25) is 0 Å². The number of carbonyl (C=O) groups is 1. The molecule has 29 heavy (non-hydrogen) atoms. The molecule has 3 aromatic rings. The summed E-state index contributed by atoms with van der Waals surface area (Å²) in [6.45, 7) is 7.31. The minimum absolute atomic E-state index is 0.0893. The molecular formula is C23H25FN2O2S. The summed E-state index contributed by atoms with van der Waals surface area (Å²) in [6.07, 6.45) is 0. The number of hydrogen-bond donors (Lipinski definition) is 0. The first-order valence-electron chi connectivity index (χ1n) is 9.59. The molecule has 0 saturated heterocycles. The number of hydrogen-bond acceptors (Lipinski definition) is 4. The number of aromatic nitrogens is 1. The number of amides is 1. The van der Waals surface area contributed by atoms with Gasteiger partial charge in [-0.2, -0.15) is 0 Å². The first-order chi connectivity index (χ1) is 13.9. The smallest absolute Gasteiger partial charge is 0.257 e. The molecule has 4 nitrogen and oxygen atoms in total. The van der Waals surface area contributed by atoms with Crippen molar-refractivity contribution in [3.63, 3.8) is 0 Å². The lowest BCUT2D eigenvalue weighted by Crippen LogP contribution is -2.34. The maximum atomic E-state index is 14.1. The Morgan fingerprint density at radius 1 is 1.17 bits per heavy atom. The second-order valence-corrected chi connectivity index (χ2v) is 8.29. The zero-order chi connectivity index (χ0) is 20.8. The van der Waals surface area contributed by atoms with Crippen molar-refractivity contribution >= 4 is 17.2 Å². The second kappa shape index (κ2) is 9.65. The topological polar surface area (TPSA) is 42.4 Å². The first kappa shape index (κ1) is 21.0. The molecular weight excluding hydrogens is 387 g/mol. The predicted molar refractivity (Wildman–Crippen MR) is 114 cm³/mol. The van der Waals surface area contributed by atoms with E-state index in [1.807, 2.05) is 50.4 Å². The van der Waals surface area contributed by atoms with Gasteiger partial charge in [-0.15, -0.1) is 11.3 Å². The molecule has 0 N–H and O–H groups in total. The van der Waals surface area contributed by atoms with Gasteiger partial charge in [0.1, 0.15) is 23.2 Å². The molecule has 2 aromatic carbocycles. The standard InChI is InChI=1S/C23H25FN2O2S/c1-16(2)12-26(23(27)19-9-5-6-10-20(19)24)13-18-15-29-22(25-18)14-28-21-11-7-4-8-17(21)3/h4-11,15-16H,12-14H2,1-3H3. The van der Waals surface area contributed by atoms with Crippen molar-refractivity contribution in [1.82, 2.24) is 9.88 Å². The molecule has 1 heterocycles. The number of nitrogens with zero attached hydrogens (tertiary/aromatic N) is 2. The molecule has 0 saturated carbocycles. The highest BCUT2D eigenvalue weighted by Crippen LogP contribution is 2.20. The molecule has 0 spiro atoms. The van der Waals surface area contributed by atoms with Gasteiger partial charge in [-0.1, -0.05) is 44.2 Å². The number of thiazole rings is 1. The predicted octanol–water partition coefficient (Wildman–Crippen LogP) is 5.47. The normalized spacial score (nSPS) is 10.9. The van der Waals surface area contributed by atoms with E-state index in [2.05, 4.69) is 4.98 Å². The summed E-state index contributed by atoms with van der Waals surface area (Å²) in [4.78, 5) is 19.2. The van der Waals surface area contributed by atoms with Crippen LogP contribution in [0.4, 0.5) is 4.39 Å². The van der Waals surface area contributed by atoms with Gasteiger partial charge in [0.05, 0.1) is 17.8 Å². The maximum absolute atomic E-state index is 14.1. The average Bonchev–Trinajstić information content (AvgIpc) is 3.14. The summed E-state index contributed by atoms with van der Waals surface area (Å²) in [6, 6.07) is 13.9. The molecule has 0 radical (unpaired) electrons. The van der Waals surface area contributed by atoms with Gasteiger partial charge in [-0.25, -0.2) is 9.37 Å². The van der Waals surface area contributed by atoms with Crippen molar-refractivity contribution in [2.75, 3.05) is 6.54 Å². The van der Waals surface area contributed by atoms with Crippen molar-refractivity contribution < 1.29 is 13.9 Å². The van der Waals surface area contributed by atoms with Crippen molar-refractivity contribution in [1.29, 1.82) is 0 Å². The molecule has 0 atom stereocenters. The van der Waals surface area contributed by atoms with Gasteiger partial charge in [0.25, 0.3) is 5.91 Å². The van der Waals surface area contributed by atoms with E-state index in [0.29, 0.717) is 19.7 Å². The van der Waals surface area contributed by atoms with Gasteiger partial charge < -0.3 is 9.64 Å². The highest BCUT2D eigenvalue weighted by molar-refractivity contribution is 7.09. The quantitative estimate of drug-likeness (QED) is 0.493. The molecule has 0 bridgehead atoms. The molecule has 3 rings (SSSR count). The van der Waals surface area contributed by atoms with Gasteiger partial charge >= 0.3 is 0 Å². The van der Waals surface area contributed by atoms with E-state index in [-0.39, 0.29) is 17.4 Å². The van der Waals surface area contributed by atoms with Crippen LogP contribution in [0.25, 0.3) is 0 Å². The zero-order valence-electron chi connectivity index (χ0n) is 16.9. The Morgan fingerprint density at radius 3 is 2.62 bits per heavy atom. The van der Waals surface area contributed by atoms with Gasteiger partial charge in [-0.3, -0.25) is 4.79 Å². The molecule has 6 heteroatoms. The maximum Gasteiger partial charge on any atom is 0.257 e. The Balaban J connectivity index is 1.69. The van der Waals surface area contributed by atoms with Crippen LogP contribution in [0, 0.1) is 18.7 Å². The SMILES string of the molecule is Cc1ccccc1OCc1nc(CN(CC(C)C)C(=O)c2ccccc2F)cs1. The lowest BCUT2D eigenvalue weighted by Gasteiger charge is -2.24. The van der Waals surface area contributed by atoms with E-state index in [9.17, 15) is 9.18 Å². The van der Waals surface area contributed by atoms with E-state index >= 15 is 0 Å². The summed E-state index contributed by atoms with van der Waals surface area (Å²) in [5, 5.41) is 2.77. The van der Waals surface area contributed by atoms with E-state index in [4.69, 9.17) is 4.74 Å². The number of rotatable bonds is 8. The number of halogens is 1. The number of benzene rings is 2. The Labute approximate surface area is 175 Å². The van der Waals surface area contributed by atoms with Crippen molar-refractivity contribution in [3.05, 3.63) is 81.6 Å². The molecule has 1 amide bonds. The van der Waals surface area contributed by atoms with Gasteiger partial charge in [0.15, 0.2) is 0 Å². The van der Waals surface area contributed by atoms with Crippen molar-refractivity contribution in [2.24, 2.45) is 5.92 Å². The lowest BCUT2D eigenvalue weighted by atomic mass is 10.1. The molecule has 1 aromatic heterocycles. The third-order valence-corrected chi connectivity index (χ3v) is 5.25. The highest BCUT2D eigenvalue weighted by atomic mass is 32.1. The minimum Gasteiger partial charge on any atom is -0.486 e. The zero-order valence-corrected chi connectivity index (χ0v) is 17.7. The van der Waals surface area contributed by atoms with Gasteiger partial charge in [0.2, 0.25) is 0 Å². The van der Waals surface area contributed by atoms with Crippen LogP contribution in [-0.2, 0) is 13.2 Å². The summed E-state index contributed by atoms with van der Waals surface area (Å²) in [5.41, 5.74) is 1.94. The van der Waals surface area contributed by atoms with E-state index in [1.54, 1.807) is 17.0 Å². The van der Waals surface area contributed by atoms with Gasteiger partial charge in [-0.05, 0) is 36.6 Å². The van der Waals surface area contributed by atoms with Crippen molar-refractivity contribution in [2.45, 2.75) is 33.9 Å². The number of aryl methyl sites for hydroxylation is 1. The first-order valence-corrected chi connectivity index (χ1v) is 10.5.